The van der Waals surface area contributed by atoms with Crippen LogP contribution in [-0.4, -0.2) is 41.8 Å². The molecule has 0 heterocycles. The molecule has 2 aliphatic carbocycles. The van der Waals surface area contributed by atoms with Gasteiger partial charge in [-0.15, -0.1) is 0 Å². The molecule has 2 rings (SSSR count). The Morgan fingerprint density at radius 3 is 2.53 bits per heavy atom. The Bertz CT molecular complexity index is 255. The summed E-state index contributed by atoms with van der Waals surface area (Å²) in [6.07, 6.45) is 10.3. The van der Waals surface area contributed by atoms with Crippen molar-refractivity contribution in [1.29, 1.82) is 0 Å². The van der Waals surface area contributed by atoms with E-state index in [1.54, 1.807) is 0 Å². The Labute approximate surface area is 118 Å². The quantitative estimate of drug-likeness (QED) is 0.745. The smallest absolute Gasteiger partial charge is 0.0443 e. The molecule has 112 valence electrons. The largest absolute Gasteiger partial charge is 0.396 e. The highest BCUT2D eigenvalue weighted by Gasteiger charge is 2.37. The number of hydrogen-bond acceptors (Lipinski definition) is 3. The van der Waals surface area contributed by atoms with Gasteiger partial charge in [-0.2, -0.15) is 0 Å². The van der Waals surface area contributed by atoms with Crippen LogP contribution in [0.4, 0.5) is 0 Å². The fourth-order valence-corrected chi connectivity index (χ4v) is 3.94. The zero-order valence-electron chi connectivity index (χ0n) is 12.6. The zero-order valence-corrected chi connectivity index (χ0v) is 12.6. The second kappa shape index (κ2) is 7.61. The molecular formula is C16H32N2O. The van der Waals surface area contributed by atoms with Gasteiger partial charge in [-0.1, -0.05) is 26.2 Å². The van der Waals surface area contributed by atoms with Gasteiger partial charge in [-0.25, -0.2) is 0 Å². The van der Waals surface area contributed by atoms with Crippen molar-refractivity contribution in [3.05, 3.63) is 0 Å². The molecule has 3 N–H and O–H groups in total. The highest BCUT2D eigenvalue weighted by atomic mass is 16.3. The van der Waals surface area contributed by atoms with Gasteiger partial charge in [0.1, 0.15) is 0 Å². The lowest BCUT2D eigenvalue weighted by Crippen LogP contribution is -2.53. The second-order valence-electron chi connectivity index (χ2n) is 6.55. The predicted molar refractivity (Wildman–Crippen MR) is 80.0 cm³/mol. The van der Waals surface area contributed by atoms with E-state index in [2.05, 4.69) is 11.8 Å². The average molecular weight is 268 g/mol. The van der Waals surface area contributed by atoms with Crippen molar-refractivity contribution in [2.75, 3.05) is 19.7 Å². The van der Waals surface area contributed by atoms with Crippen molar-refractivity contribution in [2.24, 2.45) is 17.6 Å². The molecule has 0 amide bonds. The predicted octanol–water partition coefficient (Wildman–Crippen LogP) is 2.38. The van der Waals surface area contributed by atoms with Crippen LogP contribution in [0.2, 0.25) is 0 Å². The normalized spacial score (nSPS) is 32.5. The molecule has 3 nitrogen and oxygen atoms in total. The molecule has 3 atom stereocenters. The Balaban J connectivity index is 2.01. The summed E-state index contributed by atoms with van der Waals surface area (Å²) in [5, 5.41) is 9.16. The molecule has 0 spiro atoms. The van der Waals surface area contributed by atoms with Gasteiger partial charge in [-0.3, -0.25) is 4.90 Å². The maximum absolute atomic E-state index is 9.16. The van der Waals surface area contributed by atoms with Gasteiger partial charge < -0.3 is 10.8 Å². The molecular weight excluding hydrogens is 236 g/mol. The lowest BCUT2D eigenvalue weighted by atomic mass is 9.75. The highest BCUT2D eigenvalue weighted by molar-refractivity contribution is 4.92. The van der Waals surface area contributed by atoms with Crippen LogP contribution in [0.1, 0.15) is 58.3 Å². The lowest BCUT2D eigenvalue weighted by Gasteiger charge is -2.48. The summed E-state index contributed by atoms with van der Waals surface area (Å²) in [4.78, 5) is 2.72. The van der Waals surface area contributed by atoms with Crippen LogP contribution in [0, 0.1) is 11.8 Å². The van der Waals surface area contributed by atoms with E-state index in [0.29, 0.717) is 18.6 Å². The zero-order chi connectivity index (χ0) is 13.7. The third-order valence-corrected chi connectivity index (χ3v) is 5.49. The first-order valence-electron chi connectivity index (χ1n) is 8.36. The van der Waals surface area contributed by atoms with E-state index in [0.717, 1.165) is 31.5 Å². The first kappa shape index (κ1) is 15.3. The fraction of sp³-hybridized carbons (Fsp3) is 1.00. The molecule has 3 unspecified atom stereocenters. The summed E-state index contributed by atoms with van der Waals surface area (Å²) in [5.74, 6) is 1.58. The molecule has 19 heavy (non-hydrogen) atoms. The SMILES string of the molecule is CCC1CCC(CN)C(N(CCCO)C2CCC2)C1. The number of aliphatic hydroxyl groups excluding tert-OH is 1. The van der Waals surface area contributed by atoms with Crippen LogP contribution in [0.25, 0.3) is 0 Å². The Kier molecular flexibility index (Phi) is 6.11. The fourth-order valence-electron chi connectivity index (χ4n) is 3.94. The van der Waals surface area contributed by atoms with E-state index in [-0.39, 0.29) is 0 Å². The van der Waals surface area contributed by atoms with Gasteiger partial charge in [0.2, 0.25) is 0 Å². The molecule has 0 aromatic heterocycles. The maximum Gasteiger partial charge on any atom is 0.0443 e. The third kappa shape index (κ3) is 3.71. The van der Waals surface area contributed by atoms with Gasteiger partial charge in [0.05, 0.1) is 0 Å². The van der Waals surface area contributed by atoms with Crippen LogP contribution in [0.5, 0.6) is 0 Å². The van der Waals surface area contributed by atoms with Crippen LogP contribution in [-0.2, 0) is 0 Å². The molecule has 2 fully saturated rings. The first-order valence-corrected chi connectivity index (χ1v) is 8.36. The third-order valence-electron chi connectivity index (χ3n) is 5.49. The van der Waals surface area contributed by atoms with Crippen LogP contribution in [0.3, 0.4) is 0 Å². The summed E-state index contributed by atoms with van der Waals surface area (Å²) in [7, 11) is 0. The maximum atomic E-state index is 9.16. The number of rotatable bonds is 7. The summed E-state index contributed by atoms with van der Waals surface area (Å²) in [5.41, 5.74) is 6.03. The van der Waals surface area contributed by atoms with E-state index in [1.807, 2.05) is 0 Å². The minimum Gasteiger partial charge on any atom is -0.396 e. The van der Waals surface area contributed by atoms with Crippen molar-refractivity contribution in [1.82, 2.24) is 4.90 Å². The van der Waals surface area contributed by atoms with E-state index < -0.39 is 0 Å². The second-order valence-corrected chi connectivity index (χ2v) is 6.55. The summed E-state index contributed by atoms with van der Waals surface area (Å²) < 4.78 is 0. The molecule has 2 saturated carbocycles. The molecule has 0 bridgehead atoms. The van der Waals surface area contributed by atoms with Crippen molar-refractivity contribution >= 4 is 0 Å². The van der Waals surface area contributed by atoms with E-state index in [4.69, 9.17) is 10.8 Å². The van der Waals surface area contributed by atoms with E-state index in [1.165, 1.54) is 44.9 Å². The molecule has 3 heteroatoms. The highest BCUT2D eigenvalue weighted by Crippen LogP contribution is 2.37. The summed E-state index contributed by atoms with van der Waals surface area (Å²) in [6, 6.07) is 1.46. The van der Waals surface area contributed by atoms with Crippen molar-refractivity contribution in [3.63, 3.8) is 0 Å². The molecule has 0 radical (unpaired) electrons. The number of aliphatic hydroxyl groups is 1. The molecule has 0 aliphatic heterocycles. The van der Waals surface area contributed by atoms with Crippen molar-refractivity contribution in [3.8, 4) is 0 Å². The topological polar surface area (TPSA) is 49.5 Å². The minimum absolute atomic E-state index is 0.320. The van der Waals surface area contributed by atoms with E-state index >= 15 is 0 Å². The Morgan fingerprint density at radius 1 is 1.21 bits per heavy atom. The number of nitrogens with zero attached hydrogens (tertiary/aromatic N) is 1. The lowest BCUT2D eigenvalue weighted by molar-refractivity contribution is 0.0126. The standard InChI is InChI=1S/C16H32N2O/c1-2-13-7-8-14(12-17)16(11-13)18(9-4-10-19)15-5-3-6-15/h13-16,19H,2-12,17H2,1H3. The molecule has 2 aliphatic rings. The van der Waals surface area contributed by atoms with Crippen LogP contribution < -0.4 is 5.73 Å². The van der Waals surface area contributed by atoms with Crippen LogP contribution in [0.15, 0.2) is 0 Å². The van der Waals surface area contributed by atoms with Crippen molar-refractivity contribution in [2.45, 2.75) is 70.4 Å². The Hall–Kier alpha value is -0.120. The first-order chi connectivity index (χ1) is 9.30. The van der Waals surface area contributed by atoms with E-state index in [9.17, 15) is 0 Å². The number of nitrogens with two attached hydrogens (primary N) is 1. The number of hydrogen-bond donors (Lipinski definition) is 2. The van der Waals surface area contributed by atoms with Crippen LogP contribution >= 0.6 is 0 Å². The molecule has 0 aromatic carbocycles. The molecule has 0 saturated heterocycles. The van der Waals surface area contributed by atoms with Gasteiger partial charge in [-0.05, 0) is 50.5 Å². The Morgan fingerprint density at radius 2 is 2.00 bits per heavy atom. The van der Waals surface area contributed by atoms with Crippen molar-refractivity contribution < 1.29 is 5.11 Å². The average Bonchev–Trinajstić information content (AvgIpc) is 2.40. The minimum atomic E-state index is 0.320. The molecule has 0 aromatic rings. The monoisotopic (exact) mass is 268 g/mol. The van der Waals surface area contributed by atoms with Gasteiger partial charge >= 0.3 is 0 Å². The van der Waals surface area contributed by atoms with Gasteiger partial charge in [0.15, 0.2) is 0 Å². The van der Waals surface area contributed by atoms with Gasteiger partial charge in [0, 0.05) is 25.2 Å². The summed E-state index contributed by atoms with van der Waals surface area (Å²) >= 11 is 0. The van der Waals surface area contributed by atoms with Gasteiger partial charge in [0.25, 0.3) is 0 Å². The summed E-state index contributed by atoms with van der Waals surface area (Å²) in [6.45, 7) is 4.55.